The lowest BCUT2D eigenvalue weighted by Gasteiger charge is -2.08. The fraction of sp³-hybridized carbons (Fsp3) is 0.333. The van der Waals surface area contributed by atoms with E-state index in [0.717, 1.165) is 5.56 Å². The lowest BCUT2D eigenvalue weighted by atomic mass is 10.1. The molecule has 0 heterocycles. The minimum atomic E-state index is -0.697. The number of hydrogen-bond acceptors (Lipinski definition) is 4. The third-order valence-corrected chi connectivity index (χ3v) is 2.28. The highest BCUT2D eigenvalue weighted by molar-refractivity contribution is 6.17. The van der Waals surface area contributed by atoms with Crippen LogP contribution in [0.2, 0.25) is 0 Å². The van der Waals surface area contributed by atoms with E-state index in [0.29, 0.717) is 0 Å². The predicted octanol–water partition coefficient (Wildman–Crippen LogP) is 2.44. The summed E-state index contributed by atoms with van der Waals surface area (Å²) < 4.78 is 9.66. The summed E-state index contributed by atoms with van der Waals surface area (Å²) in [5.41, 5.74) is 0.638. The van der Waals surface area contributed by atoms with Crippen LogP contribution in [0.4, 0.5) is 0 Å². The first-order valence-electron chi connectivity index (χ1n) is 6.06. The smallest absolute Gasteiger partial charge is 0.345 e. The molecule has 0 aliphatic heterocycles. The Labute approximate surface area is 113 Å². The normalized spacial score (nSPS) is 11.3. The number of carbonyl (C=O) groups excluding carboxylic acids is 2. The first kappa shape index (κ1) is 15.0. The number of carbonyl (C=O) groups is 2. The summed E-state index contributed by atoms with van der Waals surface area (Å²) in [6.07, 6.45) is 1.47. The van der Waals surface area contributed by atoms with Gasteiger partial charge in [0, 0.05) is 0 Å². The summed E-state index contributed by atoms with van der Waals surface area (Å²) in [4.78, 5) is 23.5. The molecule has 19 heavy (non-hydrogen) atoms. The Morgan fingerprint density at radius 2 is 1.79 bits per heavy atom. The van der Waals surface area contributed by atoms with Crippen LogP contribution in [0.5, 0.6) is 0 Å². The molecule has 4 nitrogen and oxygen atoms in total. The molecule has 102 valence electrons. The SMILES string of the molecule is COC(=O)/C(=C\c1ccccc1)C(=O)OCC(C)C. The van der Waals surface area contributed by atoms with Gasteiger partial charge in [-0.2, -0.15) is 0 Å². The van der Waals surface area contributed by atoms with Gasteiger partial charge in [-0.05, 0) is 17.6 Å². The van der Waals surface area contributed by atoms with Gasteiger partial charge < -0.3 is 9.47 Å². The predicted molar refractivity (Wildman–Crippen MR) is 72.2 cm³/mol. The minimum absolute atomic E-state index is 0.102. The van der Waals surface area contributed by atoms with Gasteiger partial charge in [-0.1, -0.05) is 44.2 Å². The van der Waals surface area contributed by atoms with E-state index in [1.165, 1.54) is 13.2 Å². The van der Waals surface area contributed by atoms with E-state index in [2.05, 4.69) is 4.74 Å². The number of benzene rings is 1. The standard InChI is InChI=1S/C15H18O4/c1-11(2)10-19-15(17)13(14(16)18-3)9-12-7-5-4-6-8-12/h4-9,11H,10H2,1-3H3/b13-9+. The van der Waals surface area contributed by atoms with Crippen LogP contribution in [0.3, 0.4) is 0 Å². The molecule has 0 bridgehead atoms. The number of ether oxygens (including phenoxy) is 2. The Bertz CT molecular complexity index is 460. The molecule has 0 N–H and O–H groups in total. The molecule has 0 unspecified atom stereocenters. The van der Waals surface area contributed by atoms with E-state index in [1.807, 2.05) is 32.0 Å². The third-order valence-electron chi connectivity index (χ3n) is 2.28. The second-order valence-corrected chi connectivity index (χ2v) is 4.45. The van der Waals surface area contributed by atoms with Gasteiger partial charge in [-0.3, -0.25) is 0 Å². The van der Waals surface area contributed by atoms with E-state index in [-0.39, 0.29) is 18.1 Å². The van der Waals surface area contributed by atoms with Gasteiger partial charge >= 0.3 is 11.9 Å². The van der Waals surface area contributed by atoms with Gasteiger partial charge in [-0.15, -0.1) is 0 Å². The highest BCUT2D eigenvalue weighted by atomic mass is 16.5. The average Bonchev–Trinajstić information content (AvgIpc) is 2.42. The van der Waals surface area contributed by atoms with E-state index in [9.17, 15) is 9.59 Å². The molecule has 0 fully saturated rings. The Morgan fingerprint density at radius 3 is 2.32 bits per heavy atom. The summed E-state index contributed by atoms with van der Waals surface area (Å²) >= 11 is 0. The molecule has 0 aliphatic carbocycles. The molecule has 1 aromatic carbocycles. The van der Waals surface area contributed by atoms with Gasteiger partial charge in [0.05, 0.1) is 13.7 Å². The molecular formula is C15H18O4. The van der Waals surface area contributed by atoms with Crippen molar-refractivity contribution >= 4 is 18.0 Å². The monoisotopic (exact) mass is 262 g/mol. The van der Waals surface area contributed by atoms with Crippen LogP contribution >= 0.6 is 0 Å². The molecule has 0 amide bonds. The van der Waals surface area contributed by atoms with Crippen LogP contribution in [0, 0.1) is 5.92 Å². The number of hydrogen-bond donors (Lipinski definition) is 0. The highest BCUT2D eigenvalue weighted by Crippen LogP contribution is 2.10. The number of methoxy groups -OCH3 is 1. The summed E-state index contributed by atoms with van der Waals surface area (Å²) in [5, 5.41) is 0. The molecule has 0 aliphatic rings. The summed E-state index contributed by atoms with van der Waals surface area (Å²) in [5.74, 6) is -1.15. The average molecular weight is 262 g/mol. The molecule has 4 heteroatoms. The number of rotatable bonds is 5. The van der Waals surface area contributed by atoms with Gasteiger partial charge in [0.15, 0.2) is 0 Å². The van der Waals surface area contributed by atoms with Gasteiger partial charge in [0.2, 0.25) is 0 Å². The molecular weight excluding hydrogens is 244 g/mol. The zero-order chi connectivity index (χ0) is 14.3. The lowest BCUT2D eigenvalue weighted by Crippen LogP contribution is -2.19. The van der Waals surface area contributed by atoms with Crippen molar-refractivity contribution in [2.45, 2.75) is 13.8 Å². The quantitative estimate of drug-likeness (QED) is 0.354. The van der Waals surface area contributed by atoms with Crippen LogP contribution in [0.25, 0.3) is 6.08 Å². The molecule has 1 aromatic rings. The van der Waals surface area contributed by atoms with Gasteiger partial charge in [0.1, 0.15) is 5.57 Å². The Kier molecular flexibility index (Phi) is 5.79. The fourth-order valence-electron chi connectivity index (χ4n) is 1.35. The van der Waals surface area contributed by atoms with E-state index >= 15 is 0 Å². The van der Waals surface area contributed by atoms with Crippen LogP contribution in [0.15, 0.2) is 35.9 Å². The van der Waals surface area contributed by atoms with Crippen molar-refractivity contribution in [1.82, 2.24) is 0 Å². The minimum Gasteiger partial charge on any atom is -0.465 e. The largest absolute Gasteiger partial charge is 0.465 e. The van der Waals surface area contributed by atoms with Crippen LogP contribution in [0.1, 0.15) is 19.4 Å². The Hall–Kier alpha value is -2.10. The zero-order valence-corrected chi connectivity index (χ0v) is 11.4. The molecule has 0 spiro atoms. The third kappa shape index (κ3) is 4.95. The molecule has 0 aromatic heterocycles. The van der Waals surface area contributed by atoms with Crippen molar-refractivity contribution in [3.05, 3.63) is 41.5 Å². The van der Waals surface area contributed by atoms with Crippen molar-refractivity contribution < 1.29 is 19.1 Å². The van der Waals surface area contributed by atoms with Gasteiger partial charge in [-0.25, -0.2) is 9.59 Å². The summed E-state index contributed by atoms with van der Waals surface area (Å²) in [6.45, 7) is 4.11. The maximum atomic E-state index is 11.9. The zero-order valence-electron chi connectivity index (χ0n) is 11.4. The second-order valence-electron chi connectivity index (χ2n) is 4.45. The second kappa shape index (κ2) is 7.36. The van der Waals surface area contributed by atoms with E-state index < -0.39 is 11.9 Å². The Morgan fingerprint density at radius 1 is 1.16 bits per heavy atom. The molecule has 0 atom stereocenters. The first-order valence-corrected chi connectivity index (χ1v) is 6.06. The fourth-order valence-corrected chi connectivity index (χ4v) is 1.35. The van der Waals surface area contributed by atoms with Crippen LogP contribution in [-0.4, -0.2) is 25.7 Å². The number of esters is 2. The molecule has 0 saturated carbocycles. The molecule has 0 saturated heterocycles. The van der Waals surface area contributed by atoms with Crippen molar-refractivity contribution in [2.24, 2.45) is 5.92 Å². The van der Waals surface area contributed by atoms with Crippen molar-refractivity contribution in [3.8, 4) is 0 Å². The van der Waals surface area contributed by atoms with Crippen molar-refractivity contribution in [1.29, 1.82) is 0 Å². The maximum Gasteiger partial charge on any atom is 0.345 e. The summed E-state index contributed by atoms with van der Waals surface area (Å²) in [6, 6.07) is 9.07. The Balaban J connectivity index is 2.92. The highest BCUT2D eigenvalue weighted by Gasteiger charge is 2.20. The van der Waals surface area contributed by atoms with Crippen LogP contribution < -0.4 is 0 Å². The van der Waals surface area contributed by atoms with Gasteiger partial charge in [0.25, 0.3) is 0 Å². The lowest BCUT2D eigenvalue weighted by molar-refractivity contribution is -0.146. The summed E-state index contributed by atoms with van der Waals surface area (Å²) in [7, 11) is 1.23. The molecule has 0 radical (unpaired) electrons. The topological polar surface area (TPSA) is 52.6 Å². The van der Waals surface area contributed by atoms with E-state index in [4.69, 9.17) is 4.74 Å². The van der Waals surface area contributed by atoms with Crippen molar-refractivity contribution in [2.75, 3.05) is 13.7 Å². The maximum absolute atomic E-state index is 11.9. The first-order chi connectivity index (χ1) is 9.04. The molecule has 1 rings (SSSR count). The van der Waals surface area contributed by atoms with Crippen molar-refractivity contribution in [3.63, 3.8) is 0 Å². The van der Waals surface area contributed by atoms with Crippen LogP contribution in [-0.2, 0) is 19.1 Å². The van der Waals surface area contributed by atoms with E-state index in [1.54, 1.807) is 12.1 Å².